The van der Waals surface area contributed by atoms with Crippen molar-refractivity contribution in [3.05, 3.63) is 70.3 Å². The molecule has 0 fully saturated rings. The van der Waals surface area contributed by atoms with E-state index in [1.165, 1.54) is 16.7 Å². The molecule has 0 radical (unpaired) electrons. The summed E-state index contributed by atoms with van der Waals surface area (Å²) < 4.78 is 0. The lowest BCUT2D eigenvalue weighted by Gasteiger charge is -2.07. The fourth-order valence-corrected chi connectivity index (χ4v) is 2.49. The van der Waals surface area contributed by atoms with Crippen LogP contribution in [0.3, 0.4) is 0 Å². The third-order valence-corrected chi connectivity index (χ3v) is 3.44. The van der Waals surface area contributed by atoms with Crippen molar-refractivity contribution in [2.75, 3.05) is 0 Å². The number of carboxylic acids is 1. The van der Waals surface area contributed by atoms with E-state index in [9.17, 15) is 4.79 Å². The summed E-state index contributed by atoms with van der Waals surface area (Å²) in [7, 11) is 0. The molecule has 19 heavy (non-hydrogen) atoms. The molecule has 2 heteroatoms. The smallest absolute Gasteiger partial charge is 0.307 e. The standard InChI is InChI=1S/C17H14O2/c18-17(19)10-12-5-6-16-11-14-4-2-1-3-13(14)7-8-15(16)9-12/h1-9H,10-11H2,(H,18,19). The Morgan fingerprint density at radius 3 is 2.58 bits per heavy atom. The van der Waals surface area contributed by atoms with E-state index in [1.54, 1.807) is 0 Å². The van der Waals surface area contributed by atoms with Gasteiger partial charge in [0.1, 0.15) is 0 Å². The lowest BCUT2D eigenvalue weighted by molar-refractivity contribution is -0.136. The van der Waals surface area contributed by atoms with Crippen LogP contribution in [-0.2, 0) is 17.6 Å². The van der Waals surface area contributed by atoms with Crippen molar-refractivity contribution < 1.29 is 9.90 Å². The first-order chi connectivity index (χ1) is 9.22. The number of hydrogen-bond donors (Lipinski definition) is 1. The summed E-state index contributed by atoms with van der Waals surface area (Å²) in [4.78, 5) is 10.8. The number of fused-ring (bicyclic) bond motifs is 2. The Labute approximate surface area is 112 Å². The van der Waals surface area contributed by atoms with Crippen LogP contribution in [0.2, 0.25) is 0 Å². The Bertz CT molecular complexity index is 669. The SMILES string of the molecule is O=C(O)Cc1ccc2c(c1)C=Cc1ccccc1C2. The van der Waals surface area contributed by atoms with Gasteiger partial charge >= 0.3 is 5.97 Å². The highest BCUT2D eigenvalue weighted by Gasteiger charge is 2.10. The average molecular weight is 250 g/mol. The minimum atomic E-state index is -0.791. The number of hydrogen-bond acceptors (Lipinski definition) is 1. The van der Waals surface area contributed by atoms with Gasteiger partial charge in [-0.25, -0.2) is 0 Å². The minimum Gasteiger partial charge on any atom is -0.481 e. The zero-order valence-corrected chi connectivity index (χ0v) is 10.5. The first-order valence-corrected chi connectivity index (χ1v) is 6.32. The lowest BCUT2D eigenvalue weighted by Crippen LogP contribution is -2.01. The quantitative estimate of drug-likeness (QED) is 0.757. The first-order valence-electron chi connectivity index (χ1n) is 6.32. The molecule has 1 aliphatic carbocycles. The van der Waals surface area contributed by atoms with Gasteiger partial charge in [-0.05, 0) is 34.2 Å². The van der Waals surface area contributed by atoms with E-state index in [4.69, 9.17) is 5.11 Å². The monoisotopic (exact) mass is 250 g/mol. The molecule has 0 amide bonds. The summed E-state index contributed by atoms with van der Waals surface area (Å²) in [6.45, 7) is 0. The van der Waals surface area contributed by atoms with Gasteiger partial charge in [0.05, 0.1) is 6.42 Å². The fraction of sp³-hybridized carbons (Fsp3) is 0.118. The van der Waals surface area contributed by atoms with Gasteiger partial charge in [0.2, 0.25) is 0 Å². The molecule has 0 atom stereocenters. The number of carbonyl (C=O) groups is 1. The van der Waals surface area contributed by atoms with E-state index < -0.39 is 5.97 Å². The van der Waals surface area contributed by atoms with Crippen LogP contribution >= 0.6 is 0 Å². The van der Waals surface area contributed by atoms with Crippen molar-refractivity contribution >= 4 is 18.1 Å². The van der Waals surface area contributed by atoms with Crippen LogP contribution in [0.5, 0.6) is 0 Å². The molecule has 3 rings (SSSR count). The van der Waals surface area contributed by atoms with Crippen LogP contribution in [0.4, 0.5) is 0 Å². The highest BCUT2D eigenvalue weighted by Crippen LogP contribution is 2.25. The normalized spacial score (nSPS) is 12.4. The molecule has 0 saturated heterocycles. The maximum atomic E-state index is 10.8. The predicted octanol–water partition coefficient (Wildman–Crippen LogP) is 3.39. The summed E-state index contributed by atoms with van der Waals surface area (Å²) in [5.41, 5.74) is 5.76. The number of benzene rings is 2. The molecular weight excluding hydrogens is 236 g/mol. The third-order valence-electron chi connectivity index (χ3n) is 3.44. The average Bonchev–Trinajstić information content (AvgIpc) is 2.57. The number of rotatable bonds is 2. The van der Waals surface area contributed by atoms with Gasteiger partial charge in [0.15, 0.2) is 0 Å². The third kappa shape index (κ3) is 2.43. The highest BCUT2D eigenvalue weighted by atomic mass is 16.4. The van der Waals surface area contributed by atoms with Crippen LogP contribution in [0, 0.1) is 0 Å². The van der Waals surface area contributed by atoms with Crippen LogP contribution in [0.25, 0.3) is 12.2 Å². The molecule has 0 spiro atoms. The molecule has 0 bridgehead atoms. The summed E-state index contributed by atoms with van der Waals surface area (Å²) in [6, 6.07) is 14.3. The Balaban J connectivity index is 2.01. The van der Waals surface area contributed by atoms with E-state index in [2.05, 4.69) is 30.4 Å². The van der Waals surface area contributed by atoms with E-state index in [0.29, 0.717) is 0 Å². The molecule has 1 aliphatic rings. The van der Waals surface area contributed by atoms with E-state index >= 15 is 0 Å². The predicted molar refractivity (Wildman–Crippen MR) is 76.0 cm³/mol. The van der Waals surface area contributed by atoms with Crippen molar-refractivity contribution in [1.29, 1.82) is 0 Å². The van der Waals surface area contributed by atoms with Crippen LogP contribution in [-0.4, -0.2) is 11.1 Å². The highest BCUT2D eigenvalue weighted by molar-refractivity contribution is 5.76. The van der Waals surface area contributed by atoms with Gasteiger partial charge in [-0.15, -0.1) is 0 Å². The number of aliphatic carboxylic acids is 1. The van der Waals surface area contributed by atoms with Gasteiger partial charge in [-0.1, -0.05) is 54.6 Å². The molecule has 0 aliphatic heterocycles. The summed E-state index contributed by atoms with van der Waals surface area (Å²) >= 11 is 0. The Morgan fingerprint density at radius 2 is 1.74 bits per heavy atom. The first kappa shape index (κ1) is 11.7. The van der Waals surface area contributed by atoms with Gasteiger partial charge in [0, 0.05) is 0 Å². The maximum absolute atomic E-state index is 10.8. The van der Waals surface area contributed by atoms with Crippen molar-refractivity contribution in [3.8, 4) is 0 Å². The molecule has 1 N–H and O–H groups in total. The second-order valence-corrected chi connectivity index (χ2v) is 4.81. The minimum absolute atomic E-state index is 0.0774. The molecule has 0 saturated carbocycles. The van der Waals surface area contributed by atoms with Crippen LogP contribution in [0.1, 0.15) is 27.8 Å². The topological polar surface area (TPSA) is 37.3 Å². The molecule has 0 heterocycles. The van der Waals surface area contributed by atoms with Crippen molar-refractivity contribution in [3.63, 3.8) is 0 Å². The zero-order valence-electron chi connectivity index (χ0n) is 10.5. The summed E-state index contributed by atoms with van der Waals surface area (Å²) in [5, 5.41) is 8.85. The zero-order chi connectivity index (χ0) is 13.2. The van der Waals surface area contributed by atoms with Crippen molar-refractivity contribution in [2.24, 2.45) is 0 Å². The van der Waals surface area contributed by atoms with Crippen molar-refractivity contribution in [2.45, 2.75) is 12.8 Å². The number of carboxylic acid groups (broad SMARTS) is 1. The van der Waals surface area contributed by atoms with Gasteiger partial charge in [-0.2, -0.15) is 0 Å². The molecule has 2 nitrogen and oxygen atoms in total. The molecule has 0 unspecified atom stereocenters. The summed E-state index contributed by atoms with van der Waals surface area (Å²) in [5.74, 6) is -0.791. The second kappa shape index (κ2) is 4.73. The molecule has 2 aromatic carbocycles. The Morgan fingerprint density at radius 1 is 1.00 bits per heavy atom. The Hall–Kier alpha value is -2.35. The molecule has 2 aromatic rings. The van der Waals surface area contributed by atoms with E-state index in [0.717, 1.165) is 17.5 Å². The van der Waals surface area contributed by atoms with Crippen molar-refractivity contribution in [1.82, 2.24) is 0 Å². The van der Waals surface area contributed by atoms with Gasteiger partial charge in [0.25, 0.3) is 0 Å². The lowest BCUT2D eigenvalue weighted by atomic mass is 9.97. The fourth-order valence-electron chi connectivity index (χ4n) is 2.49. The largest absolute Gasteiger partial charge is 0.481 e. The van der Waals surface area contributed by atoms with E-state index in [-0.39, 0.29) is 6.42 Å². The Kier molecular flexibility index (Phi) is 2.92. The maximum Gasteiger partial charge on any atom is 0.307 e. The molecular formula is C17H14O2. The van der Waals surface area contributed by atoms with E-state index in [1.807, 2.05) is 24.3 Å². The molecule has 0 aromatic heterocycles. The second-order valence-electron chi connectivity index (χ2n) is 4.81. The van der Waals surface area contributed by atoms with Crippen LogP contribution < -0.4 is 0 Å². The van der Waals surface area contributed by atoms with Crippen LogP contribution in [0.15, 0.2) is 42.5 Å². The van der Waals surface area contributed by atoms with Gasteiger partial charge < -0.3 is 5.11 Å². The van der Waals surface area contributed by atoms with Gasteiger partial charge in [-0.3, -0.25) is 4.79 Å². The summed E-state index contributed by atoms with van der Waals surface area (Å²) in [6.07, 6.45) is 5.15. The molecule has 94 valence electrons.